The fourth-order valence-corrected chi connectivity index (χ4v) is 4.61. The molecule has 1 heterocycles. The molecule has 0 spiro atoms. The molecular formula is C26H25NO2. The Morgan fingerprint density at radius 2 is 1.76 bits per heavy atom. The number of methoxy groups -OCH3 is 1. The molecule has 3 unspecified atom stereocenters. The number of ether oxygens (including phenoxy) is 2. The maximum absolute atomic E-state index is 5.96. The second kappa shape index (κ2) is 7.67. The smallest absolute Gasteiger partial charge is 0.142 e. The Hall–Kier alpha value is -3.20. The third-order valence-electron chi connectivity index (χ3n) is 6.07. The van der Waals surface area contributed by atoms with Crippen molar-refractivity contribution in [3.63, 3.8) is 0 Å². The highest BCUT2D eigenvalue weighted by atomic mass is 16.5. The van der Waals surface area contributed by atoms with Gasteiger partial charge in [-0.2, -0.15) is 0 Å². The Kier molecular flexibility index (Phi) is 4.73. The average molecular weight is 383 g/mol. The Morgan fingerprint density at radius 1 is 0.931 bits per heavy atom. The van der Waals surface area contributed by atoms with E-state index in [1.807, 2.05) is 24.3 Å². The number of nitrogens with one attached hydrogen (secondary N) is 1. The van der Waals surface area contributed by atoms with Gasteiger partial charge in [-0.05, 0) is 47.2 Å². The molecular weight excluding hydrogens is 358 g/mol. The van der Waals surface area contributed by atoms with Crippen molar-refractivity contribution in [1.82, 2.24) is 0 Å². The lowest BCUT2D eigenvalue weighted by molar-refractivity contribution is 0.306. The highest BCUT2D eigenvalue weighted by Gasteiger charge is 2.38. The second-order valence-corrected chi connectivity index (χ2v) is 7.74. The standard InChI is InChI=1S/C26H25NO2/c1-28-24-12-6-11-23-21-9-5-10-22(21)25(27-26(23)24)19-13-15-20(16-14-19)29-17-18-7-3-2-4-8-18/h2-9,11-16,21-22,25,27H,10,17H2,1H3. The number of allylic oxidation sites excluding steroid dienone is 2. The minimum Gasteiger partial charge on any atom is -0.495 e. The summed E-state index contributed by atoms with van der Waals surface area (Å²) in [7, 11) is 1.74. The number of para-hydroxylation sites is 1. The summed E-state index contributed by atoms with van der Waals surface area (Å²) in [5, 5.41) is 3.78. The van der Waals surface area contributed by atoms with E-state index in [1.165, 1.54) is 16.7 Å². The van der Waals surface area contributed by atoms with Gasteiger partial charge in [0.25, 0.3) is 0 Å². The molecule has 5 rings (SSSR count). The monoisotopic (exact) mass is 383 g/mol. The highest BCUT2D eigenvalue weighted by molar-refractivity contribution is 5.67. The maximum atomic E-state index is 5.96. The predicted octanol–water partition coefficient (Wildman–Crippen LogP) is 6.10. The normalized spacial score (nSPS) is 21.8. The summed E-state index contributed by atoms with van der Waals surface area (Å²) in [5.41, 5.74) is 4.92. The topological polar surface area (TPSA) is 30.5 Å². The number of anilines is 1. The van der Waals surface area contributed by atoms with Gasteiger partial charge in [-0.15, -0.1) is 0 Å². The van der Waals surface area contributed by atoms with Crippen LogP contribution >= 0.6 is 0 Å². The van der Waals surface area contributed by atoms with Crippen LogP contribution in [0.4, 0.5) is 5.69 Å². The van der Waals surface area contributed by atoms with Gasteiger partial charge in [0.15, 0.2) is 0 Å². The molecule has 3 heteroatoms. The minimum atomic E-state index is 0.252. The Morgan fingerprint density at radius 3 is 2.55 bits per heavy atom. The molecule has 3 aromatic carbocycles. The van der Waals surface area contributed by atoms with Gasteiger partial charge in [0.1, 0.15) is 18.1 Å². The lowest BCUT2D eigenvalue weighted by Crippen LogP contribution is -2.29. The van der Waals surface area contributed by atoms with E-state index >= 15 is 0 Å². The number of hydrogen-bond acceptors (Lipinski definition) is 3. The number of rotatable bonds is 5. The van der Waals surface area contributed by atoms with Crippen molar-refractivity contribution >= 4 is 5.69 Å². The first-order valence-corrected chi connectivity index (χ1v) is 10.2. The van der Waals surface area contributed by atoms with Gasteiger partial charge >= 0.3 is 0 Å². The van der Waals surface area contributed by atoms with Crippen LogP contribution in [0.15, 0.2) is 84.9 Å². The summed E-state index contributed by atoms with van der Waals surface area (Å²) in [6.45, 7) is 0.584. The molecule has 1 aliphatic carbocycles. The Bertz CT molecular complexity index is 1010. The van der Waals surface area contributed by atoms with Crippen LogP contribution in [-0.2, 0) is 6.61 Å². The quantitative estimate of drug-likeness (QED) is 0.540. The molecule has 0 bridgehead atoms. The molecule has 3 nitrogen and oxygen atoms in total. The molecule has 29 heavy (non-hydrogen) atoms. The molecule has 0 saturated carbocycles. The Labute approximate surface area is 172 Å². The van der Waals surface area contributed by atoms with E-state index in [9.17, 15) is 0 Å². The average Bonchev–Trinajstić information content (AvgIpc) is 3.28. The minimum absolute atomic E-state index is 0.252. The summed E-state index contributed by atoms with van der Waals surface area (Å²) in [5.74, 6) is 2.76. The van der Waals surface area contributed by atoms with Gasteiger partial charge in [-0.1, -0.05) is 66.7 Å². The predicted molar refractivity (Wildman–Crippen MR) is 117 cm³/mol. The summed E-state index contributed by atoms with van der Waals surface area (Å²) >= 11 is 0. The maximum Gasteiger partial charge on any atom is 0.142 e. The number of hydrogen-bond donors (Lipinski definition) is 1. The lowest BCUT2D eigenvalue weighted by Gasteiger charge is -2.38. The van der Waals surface area contributed by atoms with Crippen LogP contribution < -0.4 is 14.8 Å². The molecule has 0 fully saturated rings. The van der Waals surface area contributed by atoms with E-state index in [-0.39, 0.29) is 6.04 Å². The van der Waals surface area contributed by atoms with Crippen molar-refractivity contribution in [2.45, 2.75) is 25.0 Å². The van der Waals surface area contributed by atoms with E-state index in [4.69, 9.17) is 9.47 Å². The van der Waals surface area contributed by atoms with Crippen LogP contribution in [0.2, 0.25) is 0 Å². The van der Waals surface area contributed by atoms with Gasteiger partial charge in [0.05, 0.1) is 18.8 Å². The lowest BCUT2D eigenvalue weighted by atomic mass is 9.77. The van der Waals surface area contributed by atoms with Gasteiger partial charge in [-0.25, -0.2) is 0 Å². The van der Waals surface area contributed by atoms with Gasteiger partial charge in [0, 0.05) is 5.92 Å². The van der Waals surface area contributed by atoms with Crippen LogP contribution in [0, 0.1) is 5.92 Å². The van der Waals surface area contributed by atoms with Crippen molar-refractivity contribution < 1.29 is 9.47 Å². The first-order chi connectivity index (χ1) is 14.3. The van der Waals surface area contributed by atoms with E-state index in [0.717, 1.165) is 23.6 Å². The summed E-state index contributed by atoms with van der Waals surface area (Å²) in [6, 6.07) is 25.4. The van der Waals surface area contributed by atoms with Crippen LogP contribution in [0.25, 0.3) is 0 Å². The second-order valence-electron chi connectivity index (χ2n) is 7.74. The third kappa shape index (κ3) is 3.38. The molecule has 0 radical (unpaired) electrons. The van der Waals surface area contributed by atoms with Crippen LogP contribution in [0.3, 0.4) is 0 Å². The van der Waals surface area contributed by atoms with E-state index in [1.54, 1.807) is 7.11 Å². The number of benzene rings is 3. The summed E-state index contributed by atoms with van der Waals surface area (Å²) in [4.78, 5) is 0. The molecule has 0 aromatic heterocycles. The first-order valence-electron chi connectivity index (χ1n) is 10.2. The van der Waals surface area contributed by atoms with Crippen molar-refractivity contribution in [1.29, 1.82) is 0 Å². The van der Waals surface area contributed by atoms with E-state index < -0.39 is 0 Å². The number of fused-ring (bicyclic) bond motifs is 3. The third-order valence-corrected chi connectivity index (χ3v) is 6.07. The van der Waals surface area contributed by atoms with Crippen molar-refractivity contribution in [2.24, 2.45) is 5.92 Å². The van der Waals surface area contributed by atoms with Crippen LogP contribution in [0.5, 0.6) is 11.5 Å². The largest absolute Gasteiger partial charge is 0.495 e. The zero-order valence-electron chi connectivity index (χ0n) is 16.5. The molecule has 1 N–H and O–H groups in total. The Balaban J connectivity index is 1.38. The first kappa shape index (κ1) is 17.9. The van der Waals surface area contributed by atoms with Crippen molar-refractivity contribution in [3.05, 3.63) is 102 Å². The zero-order chi connectivity index (χ0) is 19.6. The summed E-state index contributed by atoms with van der Waals surface area (Å²) < 4.78 is 11.6. The molecule has 146 valence electrons. The molecule has 0 saturated heterocycles. The molecule has 0 amide bonds. The fourth-order valence-electron chi connectivity index (χ4n) is 4.61. The molecule has 3 atom stereocenters. The van der Waals surface area contributed by atoms with E-state index in [2.05, 4.69) is 66.0 Å². The highest BCUT2D eigenvalue weighted by Crippen LogP contribution is 2.52. The van der Waals surface area contributed by atoms with Gasteiger partial charge < -0.3 is 14.8 Å². The zero-order valence-corrected chi connectivity index (χ0v) is 16.5. The summed E-state index contributed by atoms with van der Waals surface area (Å²) in [6.07, 6.45) is 5.76. The van der Waals surface area contributed by atoms with Crippen molar-refractivity contribution in [2.75, 3.05) is 12.4 Å². The molecule has 1 aliphatic heterocycles. The van der Waals surface area contributed by atoms with Crippen LogP contribution in [-0.4, -0.2) is 7.11 Å². The van der Waals surface area contributed by atoms with Gasteiger partial charge in [0.2, 0.25) is 0 Å². The van der Waals surface area contributed by atoms with Crippen molar-refractivity contribution in [3.8, 4) is 11.5 Å². The molecule has 3 aromatic rings. The SMILES string of the molecule is COc1cccc2c1NC(c1ccc(OCc3ccccc3)cc1)C1CC=CC21. The van der Waals surface area contributed by atoms with Crippen LogP contribution in [0.1, 0.15) is 35.1 Å². The molecule has 2 aliphatic rings. The van der Waals surface area contributed by atoms with Gasteiger partial charge in [-0.3, -0.25) is 0 Å². The van der Waals surface area contributed by atoms with E-state index in [0.29, 0.717) is 18.4 Å². The fraction of sp³-hybridized carbons (Fsp3) is 0.231.